The summed E-state index contributed by atoms with van der Waals surface area (Å²) in [7, 11) is 0. The zero-order valence-electron chi connectivity index (χ0n) is 13.1. The number of hydrogen-bond acceptors (Lipinski definition) is 4. The molecule has 2 heterocycles. The maximum atomic E-state index is 6.23. The van der Waals surface area contributed by atoms with Gasteiger partial charge in [0.25, 0.3) is 0 Å². The molecule has 0 saturated heterocycles. The lowest BCUT2D eigenvalue weighted by atomic mass is 10.1. The van der Waals surface area contributed by atoms with Crippen LogP contribution < -0.4 is 10.6 Å². The van der Waals surface area contributed by atoms with E-state index in [1.54, 1.807) is 11.3 Å². The van der Waals surface area contributed by atoms with Crippen LogP contribution in [0.2, 0.25) is 0 Å². The SMILES string of the molecule is CCC(N)Cc1c(N(CC)C2CCCC2)nc2sccn12. The molecule has 21 heavy (non-hydrogen) atoms. The van der Waals surface area contributed by atoms with Gasteiger partial charge < -0.3 is 10.6 Å². The van der Waals surface area contributed by atoms with Gasteiger partial charge in [0.15, 0.2) is 10.8 Å². The molecule has 0 radical (unpaired) electrons. The molecule has 1 aliphatic carbocycles. The van der Waals surface area contributed by atoms with Gasteiger partial charge in [-0.2, -0.15) is 0 Å². The van der Waals surface area contributed by atoms with E-state index in [1.807, 2.05) is 0 Å². The van der Waals surface area contributed by atoms with Crippen molar-refractivity contribution in [1.82, 2.24) is 9.38 Å². The fourth-order valence-corrected chi connectivity index (χ4v) is 4.16. The van der Waals surface area contributed by atoms with Crippen molar-refractivity contribution in [2.75, 3.05) is 11.4 Å². The van der Waals surface area contributed by atoms with Crippen LogP contribution in [0.3, 0.4) is 0 Å². The minimum Gasteiger partial charge on any atom is -0.352 e. The predicted molar refractivity (Wildman–Crippen MR) is 90.3 cm³/mol. The first kappa shape index (κ1) is 14.9. The van der Waals surface area contributed by atoms with Crippen LogP contribution in [0.5, 0.6) is 0 Å². The van der Waals surface area contributed by atoms with Crippen LogP contribution in [-0.2, 0) is 6.42 Å². The van der Waals surface area contributed by atoms with Crippen LogP contribution in [0.4, 0.5) is 5.82 Å². The standard InChI is InChI=1S/C16H26N4S/c1-3-12(17)11-14-15(18-16-20(14)9-10-21-16)19(4-2)13-7-5-6-8-13/h9-10,12-13H,3-8,11,17H2,1-2H3. The summed E-state index contributed by atoms with van der Waals surface area (Å²) in [5.41, 5.74) is 7.53. The number of fused-ring (bicyclic) bond motifs is 1. The smallest absolute Gasteiger partial charge is 0.195 e. The van der Waals surface area contributed by atoms with E-state index < -0.39 is 0 Å². The average Bonchev–Trinajstić information content (AvgIpc) is 3.19. The second kappa shape index (κ2) is 6.36. The van der Waals surface area contributed by atoms with Gasteiger partial charge in [-0.25, -0.2) is 4.98 Å². The Labute approximate surface area is 131 Å². The van der Waals surface area contributed by atoms with Crippen molar-refractivity contribution in [3.8, 4) is 0 Å². The first-order chi connectivity index (χ1) is 10.2. The zero-order chi connectivity index (χ0) is 14.8. The zero-order valence-corrected chi connectivity index (χ0v) is 13.9. The molecule has 2 aromatic heterocycles. The molecule has 2 aromatic rings. The molecule has 5 heteroatoms. The highest BCUT2D eigenvalue weighted by Crippen LogP contribution is 2.32. The Morgan fingerprint density at radius 2 is 2.19 bits per heavy atom. The third-order valence-electron chi connectivity index (χ3n) is 4.70. The van der Waals surface area contributed by atoms with E-state index in [2.05, 4.69) is 34.7 Å². The van der Waals surface area contributed by atoms with E-state index in [1.165, 1.54) is 37.2 Å². The Balaban J connectivity index is 1.98. The lowest BCUT2D eigenvalue weighted by Crippen LogP contribution is -2.34. The Morgan fingerprint density at radius 1 is 1.43 bits per heavy atom. The molecule has 1 aliphatic rings. The largest absolute Gasteiger partial charge is 0.352 e. The first-order valence-corrected chi connectivity index (χ1v) is 9.09. The van der Waals surface area contributed by atoms with Gasteiger partial charge in [-0.1, -0.05) is 19.8 Å². The first-order valence-electron chi connectivity index (χ1n) is 8.21. The van der Waals surface area contributed by atoms with E-state index in [0.717, 1.165) is 24.3 Å². The molecule has 1 atom stereocenters. The van der Waals surface area contributed by atoms with Crippen LogP contribution in [0.25, 0.3) is 4.96 Å². The Kier molecular flexibility index (Phi) is 4.50. The summed E-state index contributed by atoms with van der Waals surface area (Å²) in [4.78, 5) is 8.54. The molecule has 1 fully saturated rings. The van der Waals surface area contributed by atoms with Gasteiger partial charge in [0.05, 0.1) is 5.69 Å². The van der Waals surface area contributed by atoms with E-state index in [0.29, 0.717) is 6.04 Å². The van der Waals surface area contributed by atoms with Crippen LogP contribution in [0.15, 0.2) is 11.6 Å². The molecule has 0 amide bonds. The maximum absolute atomic E-state index is 6.23. The van der Waals surface area contributed by atoms with Crippen molar-refractivity contribution in [3.05, 3.63) is 17.3 Å². The summed E-state index contributed by atoms with van der Waals surface area (Å²) in [6.45, 7) is 5.43. The summed E-state index contributed by atoms with van der Waals surface area (Å²) in [6, 6.07) is 0.877. The highest BCUT2D eigenvalue weighted by atomic mass is 32.1. The van der Waals surface area contributed by atoms with E-state index in [9.17, 15) is 0 Å². The van der Waals surface area contributed by atoms with Gasteiger partial charge in [-0.15, -0.1) is 11.3 Å². The van der Waals surface area contributed by atoms with Gasteiger partial charge in [0, 0.05) is 36.6 Å². The highest BCUT2D eigenvalue weighted by molar-refractivity contribution is 7.15. The van der Waals surface area contributed by atoms with Crippen molar-refractivity contribution in [2.24, 2.45) is 5.73 Å². The van der Waals surface area contributed by atoms with E-state index >= 15 is 0 Å². The number of rotatable bonds is 6. The number of anilines is 1. The molecule has 4 nitrogen and oxygen atoms in total. The van der Waals surface area contributed by atoms with E-state index in [-0.39, 0.29) is 6.04 Å². The summed E-state index contributed by atoms with van der Waals surface area (Å²) >= 11 is 1.71. The maximum Gasteiger partial charge on any atom is 0.195 e. The Morgan fingerprint density at radius 3 is 2.86 bits per heavy atom. The number of imidazole rings is 1. The number of thiazole rings is 1. The van der Waals surface area contributed by atoms with Crippen LogP contribution >= 0.6 is 11.3 Å². The van der Waals surface area contributed by atoms with Crippen molar-refractivity contribution in [2.45, 2.75) is 64.5 Å². The average molecular weight is 306 g/mol. The second-order valence-corrected chi connectivity index (χ2v) is 6.91. The molecule has 2 N–H and O–H groups in total. The molecule has 116 valence electrons. The lowest BCUT2D eigenvalue weighted by Gasteiger charge is -2.29. The minimum atomic E-state index is 0.214. The number of nitrogens with zero attached hydrogens (tertiary/aromatic N) is 3. The molecule has 1 saturated carbocycles. The molecule has 1 unspecified atom stereocenters. The summed E-state index contributed by atoms with van der Waals surface area (Å²) in [5.74, 6) is 1.18. The van der Waals surface area contributed by atoms with Crippen LogP contribution in [0, 0.1) is 0 Å². The molecular weight excluding hydrogens is 280 g/mol. The number of hydrogen-bond donors (Lipinski definition) is 1. The Bertz CT molecular complexity index is 582. The highest BCUT2D eigenvalue weighted by Gasteiger charge is 2.27. The topological polar surface area (TPSA) is 46.6 Å². The van der Waals surface area contributed by atoms with Crippen molar-refractivity contribution >= 4 is 22.1 Å². The molecular formula is C16H26N4S. The lowest BCUT2D eigenvalue weighted by molar-refractivity contribution is 0.599. The monoisotopic (exact) mass is 306 g/mol. The van der Waals surface area contributed by atoms with Gasteiger partial charge >= 0.3 is 0 Å². The molecule has 0 aromatic carbocycles. The molecule has 0 bridgehead atoms. The minimum absolute atomic E-state index is 0.214. The van der Waals surface area contributed by atoms with Gasteiger partial charge in [0.1, 0.15) is 0 Å². The van der Waals surface area contributed by atoms with Crippen LogP contribution in [0.1, 0.15) is 51.6 Å². The van der Waals surface area contributed by atoms with Crippen molar-refractivity contribution in [1.29, 1.82) is 0 Å². The second-order valence-electron chi connectivity index (χ2n) is 6.03. The molecule has 0 aliphatic heterocycles. The van der Waals surface area contributed by atoms with Crippen molar-refractivity contribution in [3.63, 3.8) is 0 Å². The third kappa shape index (κ3) is 2.81. The Hall–Kier alpha value is -1.07. The van der Waals surface area contributed by atoms with E-state index in [4.69, 9.17) is 10.7 Å². The fourth-order valence-electron chi connectivity index (χ4n) is 3.43. The predicted octanol–water partition coefficient (Wildman–Crippen LogP) is 3.44. The number of nitrogens with two attached hydrogens (primary N) is 1. The van der Waals surface area contributed by atoms with Gasteiger partial charge in [0.2, 0.25) is 0 Å². The van der Waals surface area contributed by atoms with Gasteiger partial charge in [-0.3, -0.25) is 4.40 Å². The molecule has 3 rings (SSSR count). The van der Waals surface area contributed by atoms with Crippen molar-refractivity contribution < 1.29 is 0 Å². The summed E-state index contributed by atoms with van der Waals surface area (Å²) in [6.07, 6.45) is 9.37. The normalized spacial score (nSPS) is 17.7. The molecule has 0 spiro atoms. The van der Waals surface area contributed by atoms with Gasteiger partial charge in [-0.05, 0) is 26.2 Å². The van der Waals surface area contributed by atoms with Crippen LogP contribution in [-0.4, -0.2) is 28.0 Å². The quantitative estimate of drug-likeness (QED) is 0.889. The fraction of sp³-hybridized carbons (Fsp3) is 0.688. The summed E-state index contributed by atoms with van der Waals surface area (Å²) in [5, 5.41) is 2.11. The number of aromatic nitrogens is 2. The summed E-state index contributed by atoms with van der Waals surface area (Å²) < 4.78 is 2.24. The third-order valence-corrected chi connectivity index (χ3v) is 5.45.